The average Bonchev–Trinajstić information content (AvgIpc) is 2.43. The minimum atomic E-state index is -0.0585. The Morgan fingerprint density at radius 3 is 2.48 bits per heavy atom. The Balaban J connectivity index is 2.54. The first-order valence-corrected chi connectivity index (χ1v) is 7.29. The van der Waals surface area contributed by atoms with Gasteiger partial charge in [-0.05, 0) is 38.1 Å². The Hall–Kier alpha value is -1.66. The lowest BCUT2D eigenvalue weighted by Gasteiger charge is -2.25. The van der Waals surface area contributed by atoms with Crippen LogP contribution < -0.4 is 15.8 Å². The molecule has 0 saturated heterocycles. The van der Waals surface area contributed by atoms with E-state index in [1.54, 1.807) is 7.11 Å². The quantitative estimate of drug-likeness (QED) is 0.719. The summed E-state index contributed by atoms with van der Waals surface area (Å²) in [5, 5.41) is 2.87. The minimum absolute atomic E-state index is 0.0585. The van der Waals surface area contributed by atoms with Gasteiger partial charge in [0.2, 0.25) is 5.91 Å². The van der Waals surface area contributed by atoms with Crippen molar-refractivity contribution in [3.8, 4) is 5.75 Å². The smallest absolute Gasteiger partial charge is 0.238 e. The molecule has 21 heavy (non-hydrogen) atoms. The van der Waals surface area contributed by atoms with E-state index < -0.39 is 0 Å². The Morgan fingerprint density at radius 1 is 1.38 bits per heavy atom. The van der Waals surface area contributed by atoms with Gasteiger partial charge >= 0.3 is 0 Å². The highest BCUT2D eigenvalue weighted by Crippen LogP contribution is 2.15. The Kier molecular flexibility index (Phi) is 7.11. The molecule has 0 bridgehead atoms. The molecule has 0 atom stereocenters. The fourth-order valence-electron chi connectivity index (χ4n) is 1.83. The molecule has 1 amide bonds. The minimum Gasteiger partial charge on any atom is -0.497 e. The third-order valence-electron chi connectivity index (χ3n) is 3.10. The number of anilines is 1. The van der Waals surface area contributed by atoms with Crippen LogP contribution in [0.1, 0.15) is 20.3 Å². The predicted molar refractivity (Wildman–Crippen MR) is 89.7 cm³/mol. The zero-order valence-electron chi connectivity index (χ0n) is 12.8. The second kappa shape index (κ2) is 8.59. The summed E-state index contributed by atoms with van der Waals surface area (Å²) in [6, 6.07) is 7.49. The van der Waals surface area contributed by atoms with E-state index in [-0.39, 0.29) is 11.9 Å². The van der Waals surface area contributed by atoms with Gasteiger partial charge in [-0.1, -0.05) is 12.2 Å². The Morgan fingerprint density at radius 2 is 2.00 bits per heavy atom. The third kappa shape index (κ3) is 6.55. The summed E-state index contributed by atoms with van der Waals surface area (Å²) >= 11 is 4.88. The molecule has 0 aromatic heterocycles. The van der Waals surface area contributed by atoms with E-state index in [0.29, 0.717) is 24.5 Å². The lowest BCUT2D eigenvalue weighted by atomic mass is 10.2. The monoisotopic (exact) mass is 309 g/mol. The fraction of sp³-hybridized carbons (Fsp3) is 0.467. The van der Waals surface area contributed by atoms with Gasteiger partial charge in [0.05, 0.1) is 18.6 Å². The summed E-state index contributed by atoms with van der Waals surface area (Å²) in [6.45, 7) is 5.08. The number of rotatable bonds is 8. The van der Waals surface area contributed by atoms with Gasteiger partial charge in [0.15, 0.2) is 0 Å². The van der Waals surface area contributed by atoms with Crippen molar-refractivity contribution in [1.82, 2.24) is 4.90 Å². The van der Waals surface area contributed by atoms with E-state index >= 15 is 0 Å². The van der Waals surface area contributed by atoms with Gasteiger partial charge in [-0.3, -0.25) is 9.69 Å². The molecule has 116 valence electrons. The molecule has 0 spiro atoms. The maximum absolute atomic E-state index is 12.1. The number of carbonyl (C=O) groups is 1. The molecular formula is C15H23N3O2S. The number of nitrogens with zero attached hydrogens (tertiary/aromatic N) is 1. The summed E-state index contributed by atoms with van der Waals surface area (Å²) in [6.07, 6.45) is 0.614. The molecule has 0 saturated carbocycles. The molecule has 1 rings (SSSR count). The van der Waals surface area contributed by atoms with Gasteiger partial charge in [0, 0.05) is 24.7 Å². The average molecular weight is 309 g/mol. The zero-order chi connectivity index (χ0) is 15.8. The van der Waals surface area contributed by atoms with E-state index in [1.165, 1.54) is 0 Å². The maximum atomic E-state index is 12.1. The van der Waals surface area contributed by atoms with Crippen LogP contribution in [0.5, 0.6) is 5.75 Å². The molecule has 1 aromatic carbocycles. The van der Waals surface area contributed by atoms with Crippen molar-refractivity contribution in [2.75, 3.05) is 25.5 Å². The molecule has 0 radical (unpaired) electrons. The molecule has 0 aliphatic rings. The number of hydrogen-bond acceptors (Lipinski definition) is 4. The number of nitrogens with one attached hydrogen (secondary N) is 1. The SMILES string of the molecule is COc1ccc(NC(=O)CN(CCC(N)=S)C(C)C)cc1. The third-order valence-corrected chi connectivity index (χ3v) is 3.30. The maximum Gasteiger partial charge on any atom is 0.238 e. The molecule has 0 aliphatic heterocycles. The Bertz CT molecular complexity index is 474. The van der Waals surface area contributed by atoms with Crippen molar-refractivity contribution in [1.29, 1.82) is 0 Å². The summed E-state index contributed by atoms with van der Waals surface area (Å²) in [5.41, 5.74) is 6.26. The van der Waals surface area contributed by atoms with Crippen molar-refractivity contribution >= 4 is 28.8 Å². The van der Waals surface area contributed by atoms with Crippen LogP contribution in [0, 0.1) is 0 Å². The number of benzene rings is 1. The van der Waals surface area contributed by atoms with Crippen molar-refractivity contribution in [2.45, 2.75) is 26.3 Å². The highest BCUT2D eigenvalue weighted by molar-refractivity contribution is 7.80. The van der Waals surface area contributed by atoms with Crippen molar-refractivity contribution in [3.05, 3.63) is 24.3 Å². The molecule has 0 heterocycles. The van der Waals surface area contributed by atoms with Gasteiger partial charge in [-0.15, -0.1) is 0 Å². The summed E-state index contributed by atoms with van der Waals surface area (Å²) < 4.78 is 5.08. The van der Waals surface area contributed by atoms with Gasteiger partial charge < -0.3 is 15.8 Å². The summed E-state index contributed by atoms with van der Waals surface area (Å²) in [4.78, 5) is 14.6. The lowest BCUT2D eigenvalue weighted by molar-refractivity contribution is -0.117. The molecule has 3 N–H and O–H groups in total. The first-order chi connectivity index (χ1) is 9.92. The molecule has 5 nitrogen and oxygen atoms in total. The Labute approximate surface area is 131 Å². The van der Waals surface area contributed by atoms with Gasteiger partial charge in [-0.2, -0.15) is 0 Å². The van der Waals surface area contributed by atoms with Crippen molar-refractivity contribution in [3.63, 3.8) is 0 Å². The molecule has 6 heteroatoms. The second-order valence-electron chi connectivity index (χ2n) is 5.06. The van der Waals surface area contributed by atoms with Crippen LogP contribution in [-0.2, 0) is 4.79 Å². The van der Waals surface area contributed by atoms with Crippen LogP contribution in [-0.4, -0.2) is 42.0 Å². The number of thiocarbonyl (C=S) groups is 1. The highest BCUT2D eigenvalue weighted by atomic mass is 32.1. The predicted octanol–water partition coefficient (Wildman–Crippen LogP) is 2.02. The molecule has 1 aromatic rings. The van der Waals surface area contributed by atoms with E-state index in [0.717, 1.165) is 11.4 Å². The highest BCUT2D eigenvalue weighted by Gasteiger charge is 2.14. The number of hydrogen-bond donors (Lipinski definition) is 2. The molecule has 0 aliphatic carbocycles. The number of nitrogens with two attached hydrogens (primary N) is 1. The zero-order valence-corrected chi connectivity index (χ0v) is 13.6. The topological polar surface area (TPSA) is 67.6 Å². The van der Waals surface area contributed by atoms with Crippen LogP contribution in [0.2, 0.25) is 0 Å². The largest absolute Gasteiger partial charge is 0.497 e. The second-order valence-corrected chi connectivity index (χ2v) is 5.58. The van der Waals surface area contributed by atoms with Crippen molar-refractivity contribution in [2.24, 2.45) is 5.73 Å². The van der Waals surface area contributed by atoms with Crippen LogP contribution in [0.25, 0.3) is 0 Å². The van der Waals surface area contributed by atoms with Crippen LogP contribution in [0.15, 0.2) is 24.3 Å². The summed E-state index contributed by atoms with van der Waals surface area (Å²) in [5.74, 6) is 0.699. The van der Waals surface area contributed by atoms with Crippen LogP contribution in [0.3, 0.4) is 0 Å². The summed E-state index contributed by atoms with van der Waals surface area (Å²) in [7, 11) is 1.61. The van der Waals surface area contributed by atoms with Gasteiger partial charge in [-0.25, -0.2) is 0 Å². The van der Waals surface area contributed by atoms with Crippen molar-refractivity contribution < 1.29 is 9.53 Å². The standard InChI is InChI=1S/C15H23N3O2S/c1-11(2)18(9-8-14(16)21)10-15(19)17-12-4-6-13(20-3)7-5-12/h4-7,11H,8-10H2,1-3H3,(H2,16,21)(H,17,19). The van der Waals surface area contributed by atoms with E-state index in [4.69, 9.17) is 22.7 Å². The number of methoxy groups -OCH3 is 1. The van der Waals surface area contributed by atoms with E-state index in [9.17, 15) is 4.79 Å². The van der Waals surface area contributed by atoms with Gasteiger partial charge in [0.25, 0.3) is 0 Å². The van der Waals surface area contributed by atoms with Crippen LogP contribution >= 0.6 is 12.2 Å². The normalized spacial score (nSPS) is 10.7. The molecule has 0 fully saturated rings. The number of carbonyl (C=O) groups excluding carboxylic acids is 1. The molecule has 0 unspecified atom stereocenters. The first-order valence-electron chi connectivity index (χ1n) is 6.88. The van der Waals surface area contributed by atoms with E-state index in [1.807, 2.05) is 43.0 Å². The lowest BCUT2D eigenvalue weighted by Crippen LogP contribution is -2.39. The van der Waals surface area contributed by atoms with E-state index in [2.05, 4.69) is 5.32 Å². The van der Waals surface area contributed by atoms with Crippen LogP contribution in [0.4, 0.5) is 5.69 Å². The number of ether oxygens (including phenoxy) is 1. The van der Waals surface area contributed by atoms with Gasteiger partial charge in [0.1, 0.15) is 5.75 Å². The first kappa shape index (κ1) is 17.4. The molecular weight excluding hydrogens is 286 g/mol. The number of amides is 1. The fourth-order valence-corrected chi connectivity index (χ4v) is 1.92.